The molecule has 0 radical (unpaired) electrons. The van der Waals surface area contributed by atoms with E-state index in [0.29, 0.717) is 13.2 Å². The Morgan fingerprint density at radius 3 is 2.28 bits per heavy atom. The van der Waals surface area contributed by atoms with E-state index in [1.807, 2.05) is 27.1 Å². The number of carbonyl (C=O) groups is 1. The summed E-state index contributed by atoms with van der Waals surface area (Å²) in [6.07, 6.45) is -0.356. The van der Waals surface area contributed by atoms with Gasteiger partial charge in [-0.05, 0) is 36.8 Å². The standard InChI is InChI=1S/C23H32N4O2/c1-4-29-23(28)24-18-22(19-10-12-20(13-11-19)25(2)3)27-16-14-26(15-17-27)21-8-6-5-7-9-21/h5-13,22H,4,14-18H2,1-3H3,(H,24,28). The van der Waals surface area contributed by atoms with Crippen LogP contribution in [0, 0.1) is 0 Å². The van der Waals surface area contributed by atoms with Crippen LogP contribution in [0.15, 0.2) is 54.6 Å². The SMILES string of the molecule is CCOC(=O)NCC(c1ccc(N(C)C)cc1)N1CCN(c2ccccc2)CC1. The first-order valence-electron chi connectivity index (χ1n) is 10.3. The topological polar surface area (TPSA) is 48.1 Å². The van der Waals surface area contributed by atoms with Crippen molar-refractivity contribution < 1.29 is 9.53 Å². The van der Waals surface area contributed by atoms with Gasteiger partial charge in [0.05, 0.1) is 12.6 Å². The number of amides is 1. The maximum Gasteiger partial charge on any atom is 0.407 e. The second kappa shape index (κ2) is 10.2. The van der Waals surface area contributed by atoms with Crippen LogP contribution in [-0.4, -0.2) is 64.4 Å². The molecule has 0 aromatic heterocycles. The first-order valence-corrected chi connectivity index (χ1v) is 10.3. The molecule has 1 aliphatic heterocycles. The molecule has 156 valence electrons. The molecule has 0 spiro atoms. The van der Waals surface area contributed by atoms with Crippen molar-refractivity contribution in [2.75, 3.05) is 63.2 Å². The van der Waals surface area contributed by atoms with Gasteiger partial charge in [0.2, 0.25) is 0 Å². The van der Waals surface area contributed by atoms with Gasteiger partial charge in [-0.25, -0.2) is 4.79 Å². The number of nitrogens with one attached hydrogen (secondary N) is 1. The number of alkyl carbamates (subject to hydrolysis) is 1. The third kappa shape index (κ3) is 5.64. The smallest absolute Gasteiger partial charge is 0.407 e. The molecule has 2 aromatic rings. The van der Waals surface area contributed by atoms with Gasteiger partial charge in [-0.1, -0.05) is 30.3 Å². The van der Waals surface area contributed by atoms with Crippen LogP contribution in [0.2, 0.25) is 0 Å². The number of ether oxygens (including phenoxy) is 1. The Bertz CT molecular complexity index is 756. The number of hydrogen-bond acceptors (Lipinski definition) is 5. The van der Waals surface area contributed by atoms with Crippen LogP contribution in [-0.2, 0) is 4.74 Å². The Labute approximate surface area is 174 Å². The molecule has 6 nitrogen and oxygen atoms in total. The van der Waals surface area contributed by atoms with Crippen LogP contribution < -0.4 is 15.1 Å². The highest BCUT2D eigenvalue weighted by molar-refractivity contribution is 5.67. The van der Waals surface area contributed by atoms with Gasteiger partial charge < -0.3 is 19.9 Å². The number of piperazine rings is 1. The molecule has 1 saturated heterocycles. The van der Waals surface area contributed by atoms with Gasteiger partial charge in [-0.2, -0.15) is 0 Å². The molecular weight excluding hydrogens is 364 g/mol. The summed E-state index contributed by atoms with van der Waals surface area (Å²) in [4.78, 5) is 18.8. The zero-order valence-corrected chi connectivity index (χ0v) is 17.7. The van der Waals surface area contributed by atoms with E-state index in [4.69, 9.17) is 4.74 Å². The van der Waals surface area contributed by atoms with Gasteiger partial charge in [0.25, 0.3) is 0 Å². The van der Waals surface area contributed by atoms with Gasteiger partial charge >= 0.3 is 6.09 Å². The summed E-state index contributed by atoms with van der Waals surface area (Å²) in [6, 6.07) is 19.2. The largest absolute Gasteiger partial charge is 0.450 e. The van der Waals surface area contributed by atoms with Crippen molar-refractivity contribution in [3.05, 3.63) is 60.2 Å². The Morgan fingerprint density at radius 1 is 1.03 bits per heavy atom. The number of rotatable bonds is 7. The molecule has 1 amide bonds. The lowest BCUT2D eigenvalue weighted by Gasteiger charge is -2.40. The monoisotopic (exact) mass is 396 g/mol. The van der Waals surface area contributed by atoms with Gasteiger partial charge in [-0.15, -0.1) is 0 Å². The van der Waals surface area contributed by atoms with E-state index in [9.17, 15) is 4.79 Å². The van der Waals surface area contributed by atoms with Crippen molar-refractivity contribution in [3.63, 3.8) is 0 Å². The molecular formula is C23H32N4O2. The summed E-state index contributed by atoms with van der Waals surface area (Å²) in [5.74, 6) is 0. The average molecular weight is 397 g/mol. The highest BCUT2D eigenvalue weighted by atomic mass is 16.5. The van der Waals surface area contributed by atoms with E-state index in [2.05, 4.69) is 68.5 Å². The minimum absolute atomic E-state index is 0.119. The lowest BCUT2D eigenvalue weighted by molar-refractivity contribution is 0.140. The lowest BCUT2D eigenvalue weighted by atomic mass is 10.0. The minimum Gasteiger partial charge on any atom is -0.450 e. The van der Waals surface area contributed by atoms with E-state index in [-0.39, 0.29) is 12.1 Å². The summed E-state index contributed by atoms with van der Waals surface area (Å²) >= 11 is 0. The number of hydrogen-bond donors (Lipinski definition) is 1. The summed E-state index contributed by atoms with van der Waals surface area (Å²) in [6.45, 7) is 6.56. The van der Waals surface area contributed by atoms with Crippen LogP contribution in [0.1, 0.15) is 18.5 Å². The Kier molecular flexibility index (Phi) is 7.36. The lowest BCUT2D eigenvalue weighted by Crippen LogP contribution is -2.50. The minimum atomic E-state index is -0.356. The van der Waals surface area contributed by atoms with Crippen LogP contribution in [0.25, 0.3) is 0 Å². The normalized spacial score (nSPS) is 15.6. The molecule has 1 fully saturated rings. The van der Waals surface area contributed by atoms with Gasteiger partial charge in [-0.3, -0.25) is 4.90 Å². The fourth-order valence-corrected chi connectivity index (χ4v) is 3.75. The third-order valence-corrected chi connectivity index (χ3v) is 5.39. The third-order valence-electron chi connectivity index (χ3n) is 5.39. The van der Waals surface area contributed by atoms with Crippen molar-refractivity contribution in [3.8, 4) is 0 Å². The first kappa shape index (κ1) is 21.0. The molecule has 6 heteroatoms. The van der Waals surface area contributed by atoms with Crippen LogP contribution in [0.3, 0.4) is 0 Å². The highest BCUT2D eigenvalue weighted by Crippen LogP contribution is 2.25. The first-order chi connectivity index (χ1) is 14.1. The van der Waals surface area contributed by atoms with E-state index in [1.165, 1.54) is 16.9 Å². The van der Waals surface area contributed by atoms with Gasteiger partial charge in [0.15, 0.2) is 0 Å². The highest BCUT2D eigenvalue weighted by Gasteiger charge is 2.26. The van der Waals surface area contributed by atoms with Crippen LogP contribution in [0.4, 0.5) is 16.2 Å². The maximum absolute atomic E-state index is 11.9. The average Bonchev–Trinajstić information content (AvgIpc) is 2.75. The Balaban J connectivity index is 1.70. The Hall–Kier alpha value is -2.73. The van der Waals surface area contributed by atoms with Gasteiger partial charge in [0, 0.05) is 58.2 Å². The second-order valence-corrected chi connectivity index (χ2v) is 7.46. The molecule has 0 aliphatic carbocycles. The van der Waals surface area contributed by atoms with Crippen LogP contribution in [0.5, 0.6) is 0 Å². The number of benzene rings is 2. The molecule has 29 heavy (non-hydrogen) atoms. The van der Waals surface area contributed by atoms with Crippen molar-refractivity contribution in [2.24, 2.45) is 0 Å². The maximum atomic E-state index is 11.9. The molecule has 1 aliphatic rings. The number of nitrogens with zero attached hydrogens (tertiary/aromatic N) is 3. The van der Waals surface area contributed by atoms with Gasteiger partial charge in [0.1, 0.15) is 0 Å². The van der Waals surface area contributed by atoms with E-state index in [1.54, 1.807) is 0 Å². The summed E-state index contributed by atoms with van der Waals surface area (Å²) in [5.41, 5.74) is 3.64. The second-order valence-electron chi connectivity index (χ2n) is 7.46. The molecule has 0 bridgehead atoms. The zero-order chi connectivity index (χ0) is 20.6. The molecule has 1 N–H and O–H groups in total. The summed E-state index contributed by atoms with van der Waals surface area (Å²) in [5, 5.41) is 2.93. The summed E-state index contributed by atoms with van der Waals surface area (Å²) < 4.78 is 5.06. The van der Waals surface area contributed by atoms with E-state index >= 15 is 0 Å². The number of carbonyl (C=O) groups excluding carboxylic acids is 1. The Morgan fingerprint density at radius 2 is 1.69 bits per heavy atom. The number of para-hydroxylation sites is 1. The predicted molar refractivity (Wildman–Crippen MR) is 119 cm³/mol. The predicted octanol–water partition coefficient (Wildman–Crippen LogP) is 3.36. The van der Waals surface area contributed by atoms with Crippen molar-refractivity contribution >= 4 is 17.5 Å². The van der Waals surface area contributed by atoms with Crippen molar-refractivity contribution in [2.45, 2.75) is 13.0 Å². The van der Waals surface area contributed by atoms with E-state index in [0.717, 1.165) is 26.2 Å². The molecule has 1 atom stereocenters. The van der Waals surface area contributed by atoms with Crippen LogP contribution >= 0.6 is 0 Å². The molecule has 2 aromatic carbocycles. The van der Waals surface area contributed by atoms with E-state index < -0.39 is 0 Å². The van der Waals surface area contributed by atoms with Crippen molar-refractivity contribution in [1.29, 1.82) is 0 Å². The fourth-order valence-electron chi connectivity index (χ4n) is 3.75. The fraction of sp³-hybridized carbons (Fsp3) is 0.435. The molecule has 1 heterocycles. The van der Waals surface area contributed by atoms with Crippen molar-refractivity contribution in [1.82, 2.24) is 10.2 Å². The zero-order valence-electron chi connectivity index (χ0n) is 17.7. The quantitative estimate of drug-likeness (QED) is 0.778. The molecule has 3 rings (SSSR count). The number of anilines is 2. The molecule has 1 unspecified atom stereocenters. The molecule has 0 saturated carbocycles. The summed E-state index contributed by atoms with van der Waals surface area (Å²) in [7, 11) is 4.08.